The van der Waals surface area contributed by atoms with Gasteiger partial charge in [0.2, 0.25) is 0 Å². The van der Waals surface area contributed by atoms with Gasteiger partial charge in [-0.25, -0.2) is 0 Å². The average Bonchev–Trinajstić information content (AvgIpc) is 3.05. The molecule has 128 valence electrons. The highest BCUT2D eigenvalue weighted by Gasteiger charge is 2.22. The van der Waals surface area contributed by atoms with E-state index in [1.165, 1.54) is 22.5 Å². The first-order valence-electron chi connectivity index (χ1n) is 8.60. The molecular formula is C20H25NO2S. The van der Waals surface area contributed by atoms with Crippen LogP contribution >= 0.6 is 11.3 Å². The number of carbonyl (C=O) groups excluding carboxylic acids is 1. The molecule has 3 nitrogen and oxygen atoms in total. The molecule has 0 radical (unpaired) electrons. The summed E-state index contributed by atoms with van der Waals surface area (Å²) in [5.41, 5.74) is 3.47. The Morgan fingerprint density at radius 1 is 1.29 bits per heavy atom. The third-order valence-electron chi connectivity index (χ3n) is 4.88. The van der Waals surface area contributed by atoms with E-state index in [1.807, 2.05) is 28.5 Å². The smallest absolute Gasteiger partial charge is 0.263 e. The van der Waals surface area contributed by atoms with Gasteiger partial charge in [-0.3, -0.25) is 4.79 Å². The number of piperidine rings is 1. The third-order valence-corrected chi connectivity index (χ3v) is 5.85. The summed E-state index contributed by atoms with van der Waals surface area (Å²) in [7, 11) is 0. The molecule has 1 fully saturated rings. The normalized spacial score (nSPS) is 15.5. The molecule has 0 N–H and O–H groups in total. The summed E-state index contributed by atoms with van der Waals surface area (Å²) in [6, 6.07) is 8.08. The molecular weight excluding hydrogens is 318 g/mol. The Kier molecular flexibility index (Phi) is 5.24. The lowest BCUT2D eigenvalue weighted by atomic mass is 9.99. The van der Waals surface area contributed by atoms with Crippen LogP contribution in [0.1, 0.15) is 46.1 Å². The third kappa shape index (κ3) is 3.81. The Hall–Kier alpha value is -1.81. The highest BCUT2D eigenvalue weighted by Crippen LogP contribution is 2.24. The van der Waals surface area contributed by atoms with E-state index < -0.39 is 0 Å². The second-order valence-electron chi connectivity index (χ2n) is 6.78. The minimum atomic E-state index is 0.171. The average molecular weight is 343 g/mol. The fourth-order valence-electron chi connectivity index (χ4n) is 2.97. The Morgan fingerprint density at radius 2 is 2.04 bits per heavy atom. The number of nitrogens with zero attached hydrogens (tertiary/aromatic N) is 1. The van der Waals surface area contributed by atoms with Gasteiger partial charge in [0, 0.05) is 18.7 Å². The van der Waals surface area contributed by atoms with Crippen molar-refractivity contribution in [2.24, 2.45) is 5.92 Å². The fraction of sp³-hybridized carbons (Fsp3) is 0.450. The standard InChI is InChI=1S/C20H25NO2S/c1-14-7-9-21(10-8-14)20(22)19-11-17(13-24-19)12-23-18-6-4-5-15(2)16(18)3/h4-6,11,13-14H,7-10,12H2,1-3H3. The highest BCUT2D eigenvalue weighted by atomic mass is 32.1. The Morgan fingerprint density at radius 3 is 2.79 bits per heavy atom. The van der Waals surface area contributed by atoms with E-state index in [4.69, 9.17) is 4.74 Å². The summed E-state index contributed by atoms with van der Waals surface area (Å²) in [5, 5.41) is 2.03. The second kappa shape index (κ2) is 7.39. The zero-order valence-corrected chi connectivity index (χ0v) is 15.5. The summed E-state index contributed by atoms with van der Waals surface area (Å²) in [6.45, 7) is 8.69. The van der Waals surface area contributed by atoms with Crippen molar-refractivity contribution < 1.29 is 9.53 Å². The Labute approximate surface area is 148 Å². The van der Waals surface area contributed by atoms with Crippen molar-refractivity contribution in [2.45, 2.75) is 40.2 Å². The Bertz CT molecular complexity index is 714. The van der Waals surface area contributed by atoms with E-state index in [-0.39, 0.29) is 5.91 Å². The van der Waals surface area contributed by atoms with Gasteiger partial charge < -0.3 is 9.64 Å². The molecule has 1 aliphatic rings. The molecule has 1 saturated heterocycles. The Balaban J connectivity index is 1.61. The SMILES string of the molecule is Cc1cccc(OCc2csc(C(=O)N3CCC(C)CC3)c2)c1C. The van der Waals surface area contributed by atoms with E-state index in [1.54, 1.807) is 0 Å². The van der Waals surface area contributed by atoms with Gasteiger partial charge in [-0.15, -0.1) is 11.3 Å². The van der Waals surface area contributed by atoms with E-state index >= 15 is 0 Å². The van der Waals surface area contributed by atoms with Crippen LogP contribution in [0.2, 0.25) is 0 Å². The molecule has 0 aliphatic carbocycles. The monoisotopic (exact) mass is 343 g/mol. The summed E-state index contributed by atoms with van der Waals surface area (Å²) < 4.78 is 5.94. The topological polar surface area (TPSA) is 29.5 Å². The number of benzene rings is 1. The minimum absolute atomic E-state index is 0.171. The maximum Gasteiger partial charge on any atom is 0.263 e. The number of amides is 1. The molecule has 0 spiro atoms. The van der Waals surface area contributed by atoms with Crippen LogP contribution in [0, 0.1) is 19.8 Å². The van der Waals surface area contributed by atoms with Crippen molar-refractivity contribution in [3.63, 3.8) is 0 Å². The van der Waals surface area contributed by atoms with Crippen LogP contribution in [0.5, 0.6) is 5.75 Å². The van der Waals surface area contributed by atoms with Crippen LogP contribution in [-0.4, -0.2) is 23.9 Å². The zero-order chi connectivity index (χ0) is 17.1. The van der Waals surface area contributed by atoms with Crippen molar-refractivity contribution in [3.05, 3.63) is 51.2 Å². The van der Waals surface area contributed by atoms with E-state index in [0.717, 1.165) is 48.0 Å². The lowest BCUT2D eigenvalue weighted by molar-refractivity contribution is 0.0702. The number of ether oxygens (including phenoxy) is 1. The molecule has 2 aromatic rings. The summed E-state index contributed by atoms with van der Waals surface area (Å²) in [6.07, 6.45) is 2.22. The number of hydrogen-bond donors (Lipinski definition) is 0. The quantitative estimate of drug-likeness (QED) is 0.797. The molecule has 24 heavy (non-hydrogen) atoms. The van der Waals surface area contributed by atoms with Gasteiger partial charge in [-0.05, 0) is 61.2 Å². The lowest BCUT2D eigenvalue weighted by Crippen LogP contribution is -2.37. The number of thiophene rings is 1. The molecule has 1 aromatic heterocycles. The van der Waals surface area contributed by atoms with Crippen LogP contribution in [0.3, 0.4) is 0 Å². The first-order chi connectivity index (χ1) is 11.5. The molecule has 4 heteroatoms. The van der Waals surface area contributed by atoms with Crippen molar-refractivity contribution in [1.82, 2.24) is 4.90 Å². The number of aryl methyl sites for hydroxylation is 1. The number of hydrogen-bond acceptors (Lipinski definition) is 3. The van der Waals surface area contributed by atoms with E-state index in [0.29, 0.717) is 6.61 Å². The highest BCUT2D eigenvalue weighted by molar-refractivity contribution is 7.12. The van der Waals surface area contributed by atoms with Gasteiger partial charge in [0.05, 0.1) is 4.88 Å². The first kappa shape index (κ1) is 17.0. The molecule has 0 bridgehead atoms. The minimum Gasteiger partial charge on any atom is -0.489 e. The van der Waals surface area contributed by atoms with Gasteiger partial charge in [0.15, 0.2) is 0 Å². The van der Waals surface area contributed by atoms with Crippen LogP contribution in [0.4, 0.5) is 0 Å². The molecule has 0 unspecified atom stereocenters. The summed E-state index contributed by atoms with van der Waals surface area (Å²) >= 11 is 1.52. The molecule has 0 saturated carbocycles. The molecule has 3 rings (SSSR count). The molecule has 2 heterocycles. The predicted molar refractivity (Wildman–Crippen MR) is 98.9 cm³/mol. The molecule has 1 aliphatic heterocycles. The van der Waals surface area contributed by atoms with Crippen molar-refractivity contribution in [1.29, 1.82) is 0 Å². The summed E-state index contributed by atoms with van der Waals surface area (Å²) in [4.78, 5) is 15.4. The number of likely N-dealkylation sites (tertiary alicyclic amines) is 1. The predicted octanol–water partition coefficient (Wildman–Crippen LogP) is 4.82. The van der Waals surface area contributed by atoms with Gasteiger partial charge in [0.1, 0.15) is 12.4 Å². The molecule has 0 atom stereocenters. The van der Waals surface area contributed by atoms with Crippen LogP contribution in [-0.2, 0) is 6.61 Å². The largest absolute Gasteiger partial charge is 0.489 e. The number of carbonyl (C=O) groups is 1. The van der Waals surface area contributed by atoms with Crippen LogP contribution in [0.15, 0.2) is 29.6 Å². The van der Waals surface area contributed by atoms with Crippen molar-refractivity contribution in [3.8, 4) is 5.75 Å². The molecule has 1 aromatic carbocycles. The summed E-state index contributed by atoms with van der Waals surface area (Å²) in [5.74, 6) is 1.82. The van der Waals surface area contributed by atoms with Crippen molar-refractivity contribution in [2.75, 3.05) is 13.1 Å². The zero-order valence-electron chi connectivity index (χ0n) is 14.7. The van der Waals surface area contributed by atoms with Crippen molar-refractivity contribution >= 4 is 17.2 Å². The second-order valence-corrected chi connectivity index (χ2v) is 7.69. The first-order valence-corrected chi connectivity index (χ1v) is 9.48. The van der Waals surface area contributed by atoms with Crippen LogP contribution < -0.4 is 4.74 Å². The fourth-order valence-corrected chi connectivity index (χ4v) is 3.84. The molecule has 1 amide bonds. The van der Waals surface area contributed by atoms with Gasteiger partial charge in [-0.1, -0.05) is 19.1 Å². The maximum absolute atomic E-state index is 12.6. The maximum atomic E-state index is 12.6. The lowest BCUT2D eigenvalue weighted by Gasteiger charge is -2.29. The van der Waals surface area contributed by atoms with Gasteiger partial charge in [0.25, 0.3) is 5.91 Å². The van der Waals surface area contributed by atoms with Crippen LogP contribution in [0.25, 0.3) is 0 Å². The van der Waals surface area contributed by atoms with E-state index in [9.17, 15) is 4.79 Å². The number of rotatable bonds is 4. The van der Waals surface area contributed by atoms with E-state index in [2.05, 4.69) is 26.8 Å². The van der Waals surface area contributed by atoms with Gasteiger partial charge >= 0.3 is 0 Å². The van der Waals surface area contributed by atoms with Gasteiger partial charge in [-0.2, -0.15) is 0 Å².